The van der Waals surface area contributed by atoms with E-state index in [1.165, 1.54) is 11.8 Å². The first-order valence-electron chi connectivity index (χ1n) is 5.91. The number of halogens is 1. The first-order valence-corrected chi connectivity index (χ1v) is 7.27. The van der Waals surface area contributed by atoms with Crippen molar-refractivity contribution in [2.24, 2.45) is 0 Å². The summed E-state index contributed by atoms with van der Waals surface area (Å²) < 4.78 is 5.31. The number of aromatic amines is 1. The normalized spacial score (nSPS) is 10.3. The second-order valence-electron chi connectivity index (χ2n) is 3.69. The van der Waals surface area contributed by atoms with Crippen LogP contribution in [0.1, 0.15) is 6.92 Å². The van der Waals surface area contributed by atoms with Crippen molar-refractivity contribution in [3.05, 3.63) is 29.3 Å². The Hall–Kier alpha value is -1.73. The predicted octanol–water partition coefficient (Wildman–Crippen LogP) is 2.59. The third kappa shape index (κ3) is 4.43. The maximum atomic E-state index is 11.7. The Morgan fingerprint density at radius 3 is 2.90 bits per heavy atom. The summed E-state index contributed by atoms with van der Waals surface area (Å²) in [7, 11) is 0. The molecule has 1 amide bonds. The van der Waals surface area contributed by atoms with Gasteiger partial charge in [0.25, 0.3) is 5.91 Å². The molecule has 0 atom stereocenters. The van der Waals surface area contributed by atoms with Gasteiger partial charge in [0.2, 0.25) is 11.1 Å². The van der Waals surface area contributed by atoms with Gasteiger partial charge in [-0.3, -0.25) is 10.1 Å². The van der Waals surface area contributed by atoms with E-state index < -0.39 is 0 Å². The van der Waals surface area contributed by atoms with Crippen LogP contribution in [0, 0.1) is 0 Å². The number of amides is 1. The van der Waals surface area contributed by atoms with Crippen LogP contribution in [0.2, 0.25) is 5.02 Å². The monoisotopic (exact) mass is 312 g/mol. The third-order valence-corrected chi connectivity index (χ3v) is 3.16. The number of nitrogens with zero attached hydrogens (tertiary/aromatic N) is 2. The average molecular weight is 313 g/mol. The van der Waals surface area contributed by atoms with Crippen LogP contribution in [0.5, 0.6) is 5.75 Å². The van der Waals surface area contributed by atoms with Crippen LogP contribution >= 0.6 is 23.4 Å². The van der Waals surface area contributed by atoms with Crippen molar-refractivity contribution in [3.8, 4) is 5.75 Å². The molecule has 8 heteroatoms. The van der Waals surface area contributed by atoms with E-state index in [0.29, 0.717) is 21.9 Å². The van der Waals surface area contributed by atoms with E-state index in [9.17, 15) is 4.79 Å². The lowest BCUT2D eigenvalue weighted by Crippen LogP contribution is -2.20. The first kappa shape index (κ1) is 14.7. The Balaban J connectivity index is 1.81. The number of thioether (sulfide) groups is 1. The lowest BCUT2D eigenvalue weighted by molar-refractivity contribution is -0.118. The molecule has 2 rings (SSSR count). The van der Waals surface area contributed by atoms with Crippen molar-refractivity contribution in [2.45, 2.75) is 12.1 Å². The Kier molecular flexibility index (Phi) is 5.25. The average Bonchev–Trinajstić information content (AvgIpc) is 2.86. The molecule has 0 bridgehead atoms. The summed E-state index contributed by atoms with van der Waals surface area (Å²) in [5, 5.41) is 10.4. The van der Waals surface area contributed by atoms with Crippen molar-refractivity contribution in [3.63, 3.8) is 0 Å². The summed E-state index contributed by atoms with van der Waals surface area (Å²) in [4.78, 5) is 15.8. The highest BCUT2D eigenvalue weighted by molar-refractivity contribution is 7.99. The van der Waals surface area contributed by atoms with Gasteiger partial charge in [-0.05, 0) is 30.0 Å². The van der Waals surface area contributed by atoms with Crippen molar-refractivity contribution in [1.82, 2.24) is 15.2 Å². The molecule has 1 heterocycles. The van der Waals surface area contributed by atoms with Gasteiger partial charge in [-0.2, -0.15) is 4.98 Å². The van der Waals surface area contributed by atoms with Gasteiger partial charge < -0.3 is 4.74 Å². The molecular formula is C12H13ClN4O2S. The molecule has 1 aromatic heterocycles. The van der Waals surface area contributed by atoms with Gasteiger partial charge in [0, 0.05) is 5.02 Å². The van der Waals surface area contributed by atoms with Gasteiger partial charge in [0.1, 0.15) is 5.75 Å². The van der Waals surface area contributed by atoms with Crippen molar-refractivity contribution in [1.29, 1.82) is 0 Å². The fourth-order valence-electron chi connectivity index (χ4n) is 1.34. The summed E-state index contributed by atoms with van der Waals surface area (Å²) in [5.41, 5.74) is 0. The SMILES string of the molecule is CCSc1n[nH]c(NC(=O)COc2ccc(Cl)cc2)n1. The van der Waals surface area contributed by atoms with Crippen LogP contribution in [-0.4, -0.2) is 33.4 Å². The Bertz CT molecular complexity index is 573. The molecule has 0 unspecified atom stereocenters. The minimum Gasteiger partial charge on any atom is -0.484 e. The smallest absolute Gasteiger partial charge is 0.264 e. The largest absolute Gasteiger partial charge is 0.484 e. The molecule has 0 radical (unpaired) electrons. The molecule has 1 aromatic carbocycles. The Morgan fingerprint density at radius 2 is 2.20 bits per heavy atom. The van der Waals surface area contributed by atoms with Crippen LogP contribution < -0.4 is 10.1 Å². The fourth-order valence-corrected chi connectivity index (χ4v) is 1.99. The number of H-pyrrole nitrogens is 1. The van der Waals surface area contributed by atoms with Crippen molar-refractivity contribution >= 4 is 35.2 Å². The zero-order chi connectivity index (χ0) is 14.4. The lowest BCUT2D eigenvalue weighted by atomic mass is 10.3. The molecule has 2 aromatic rings. The minimum absolute atomic E-state index is 0.113. The molecule has 2 N–H and O–H groups in total. The van der Waals surface area contributed by atoms with E-state index in [1.54, 1.807) is 24.3 Å². The molecule has 6 nitrogen and oxygen atoms in total. The first-order chi connectivity index (χ1) is 9.67. The highest BCUT2D eigenvalue weighted by atomic mass is 35.5. The molecule has 0 aliphatic rings. The van der Waals surface area contributed by atoms with E-state index in [0.717, 1.165) is 5.75 Å². The molecule has 0 saturated carbocycles. The van der Waals surface area contributed by atoms with Crippen LogP contribution in [0.3, 0.4) is 0 Å². The lowest BCUT2D eigenvalue weighted by Gasteiger charge is -2.05. The molecule has 0 saturated heterocycles. The molecule has 106 valence electrons. The zero-order valence-corrected chi connectivity index (χ0v) is 12.3. The van der Waals surface area contributed by atoms with Crippen LogP contribution in [0.25, 0.3) is 0 Å². The van der Waals surface area contributed by atoms with Gasteiger partial charge in [-0.15, -0.1) is 5.10 Å². The van der Waals surface area contributed by atoms with Crippen molar-refractivity contribution < 1.29 is 9.53 Å². The minimum atomic E-state index is -0.316. The number of benzene rings is 1. The predicted molar refractivity (Wildman–Crippen MR) is 78.4 cm³/mol. The van der Waals surface area contributed by atoms with E-state index in [1.807, 2.05) is 6.92 Å². The third-order valence-electron chi connectivity index (χ3n) is 2.18. The number of rotatable bonds is 6. The van der Waals surface area contributed by atoms with Crippen molar-refractivity contribution in [2.75, 3.05) is 17.7 Å². The highest BCUT2D eigenvalue weighted by Gasteiger charge is 2.08. The number of carbonyl (C=O) groups excluding carboxylic acids is 1. The fraction of sp³-hybridized carbons (Fsp3) is 0.250. The second kappa shape index (κ2) is 7.16. The van der Waals surface area contributed by atoms with Crippen LogP contribution in [-0.2, 0) is 4.79 Å². The van der Waals surface area contributed by atoms with Gasteiger partial charge in [0.15, 0.2) is 6.61 Å². The van der Waals surface area contributed by atoms with Gasteiger partial charge in [-0.25, -0.2) is 5.10 Å². The molecule has 0 fully saturated rings. The summed E-state index contributed by atoms with van der Waals surface area (Å²) >= 11 is 7.24. The van der Waals surface area contributed by atoms with Crippen LogP contribution in [0.4, 0.5) is 5.95 Å². The number of ether oxygens (including phenoxy) is 1. The summed E-state index contributed by atoms with van der Waals surface area (Å²) in [5.74, 6) is 1.43. The van der Waals surface area contributed by atoms with Gasteiger partial charge >= 0.3 is 0 Å². The topological polar surface area (TPSA) is 79.9 Å². The summed E-state index contributed by atoms with van der Waals surface area (Å²) in [6.45, 7) is 1.89. The Labute approximate surface area is 125 Å². The summed E-state index contributed by atoms with van der Waals surface area (Å²) in [6.07, 6.45) is 0. The molecule has 0 aliphatic carbocycles. The van der Waals surface area contributed by atoms with E-state index >= 15 is 0 Å². The maximum Gasteiger partial charge on any atom is 0.264 e. The molecular weight excluding hydrogens is 300 g/mol. The molecule has 20 heavy (non-hydrogen) atoms. The van der Waals surface area contributed by atoms with E-state index in [2.05, 4.69) is 20.5 Å². The van der Waals surface area contributed by atoms with Crippen LogP contribution in [0.15, 0.2) is 29.4 Å². The number of nitrogens with one attached hydrogen (secondary N) is 2. The maximum absolute atomic E-state index is 11.7. The second-order valence-corrected chi connectivity index (χ2v) is 5.36. The van der Waals surface area contributed by atoms with E-state index in [4.69, 9.17) is 16.3 Å². The number of hydrogen-bond acceptors (Lipinski definition) is 5. The number of hydrogen-bond donors (Lipinski definition) is 2. The standard InChI is InChI=1S/C12H13ClN4O2S/c1-2-20-12-15-11(16-17-12)14-10(18)7-19-9-5-3-8(13)4-6-9/h3-6H,2,7H2,1H3,(H2,14,15,16,17,18). The highest BCUT2D eigenvalue weighted by Crippen LogP contribution is 2.15. The number of aromatic nitrogens is 3. The molecule has 0 aliphatic heterocycles. The van der Waals surface area contributed by atoms with E-state index in [-0.39, 0.29) is 12.5 Å². The summed E-state index contributed by atoms with van der Waals surface area (Å²) in [6, 6.07) is 6.78. The Morgan fingerprint density at radius 1 is 1.45 bits per heavy atom. The zero-order valence-electron chi connectivity index (χ0n) is 10.7. The van der Waals surface area contributed by atoms with Gasteiger partial charge in [-0.1, -0.05) is 30.3 Å². The number of anilines is 1. The number of carbonyl (C=O) groups is 1. The molecule has 0 spiro atoms. The quantitative estimate of drug-likeness (QED) is 0.801. The van der Waals surface area contributed by atoms with Gasteiger partial charge in [0.05, 0.1) is 0 Å².